The summed E-state index contributed by atoms with van der Waals surface area (Å²) in [7, 11) is 0. The third kappa shape index (κ3) is 5.18. The molecule has 1 heterocycles. The highest BCUT2D eigenvalue weighted by atomic mass is 32.2. The second-order valence-corrected chi connectivity index (χ2v) is 10.2. The van der Waals surface area contributed by atoms with Gasteiger partial charge in [0.05, 0.1) is 17.0 Å². The van der Waals surface area contributed by atoms with Gasteiger partial charge in [-0.1, -0.05) is 36.9 Å². The summed E-state index contributed by atoms with van der Waals surface area (Å²) in [4.78, 5) is 25.8. The second-order valence-electron chi connectivity index (χ2n) is 8.92. The van der Waals surface area contributed by atoms with Crippen molar-refractivity contribution in [3.05, 3.63) is 68.9 Å². The lowest BCUT2D eigenvalue weighted by Gasteiger charge is -2.23. The predicted octanol–water partition coefficient (Wildman–Crippen LogP) is 6.65. The molecule has 1 aromatic heterocycles. The average molecular weight is 454 g/mol. The van der Waals surface area contributed by atoms with Gasteiger partial charge in [-0.15, -0.1) is 0 Å². The van der Waals surface area contributed by atoms with Crippen molar-refractivity contribution in [2.45, 2.75) is 65.2 Å². The van der Waals surface area contributed by atoms with Crippen molar-refractivity contribution in [3.63, 3.8) is 0 Å². The Morgan fingerprint density at radius 1 is 1.19 bits per heavy atom. The number of benzene rings is 2. The molecule has 5 nitrogen and oxygen atoms in total. The Bertz CT molecular complexity index is 1210. The summed E-state index contributed by atoms with van der Waals surface area (Å²) < 4.78 is 11.8. The zero-order chi connectivity index (χ0) is 23.6. The molecule has 0 saturated carbocycles. The highest BCUT2D eigenvalue weighted by Crippen LogP contribution is 2.32. The first-order chi connectivity index (χ1) is 15.0. The van der Waals surface area contributed by atoms with E-state index in [4.69, 9.17) is 9.15 Å². The van der Waals surface area contributed by atoms with Crippen LogP contribution in [-0.4, -0.2) is 17.3 Å². The summed E-state index contributed by atoms with van der Waals surface area (Å²) in [6, 6.07) is 11.0. The molecule has 0 aliphatic rings. The van der Waals surface area contributed by atoms with Crippen molar-refractivity contribution in [3.8, 4) is 0 Å². The summed E-state index contributed by atoms with van der Waals surface area (Å²) in [5.41, 5.74) is 3.60. The number of aryl methyl sites for hydroxylation is 1. The highest BCUT2D eigenvalue weighted by Gasteiger charge is 2.22. The highest BCUT2D eigenvalue weighted by molar-refractivity contribution is 7.99. The fourth-order valence-corrected chi connectivity index (χ4v) is 4.28. The summed E-state index contributed by atoms with van der Waals surface area (Å²) in [5, 5.41) is 4.65. The molecule has 6 heteroatoms. The lowest BCUT2D eigenvalue weighted by molar-refractivity contribution is 0.00706. The molecule has 0 saturated heterocycles. The van der Waals surface area contributed by atoms with Gasteiger partial charge in [0, 0.05) is 16.8 Å². The summed E-state index contributed by atoms with van der Waals surface area (Å²) >= 11 is 1.52. The van der Waals surface area contributed by atoms with E-state index in [2.05, 4.69) is 5.32 Å². The van der Waals surface area contributed by atoms with Crippen molar-refractivity contribution in [2.75, 3.05) is 11.1 Å². The van der Waals surface area contributed by atoms with Crippen LogP contribution in [0.1, 0.15) is 67.7 Å². The van der Waals surface area contributed by atoms with Crippen LogP contribution in [0, 0.1) is 13.8 Å². The van der Waals surface area contributed by atoms with Gasteiger partial charge in [0.25, 0.3) is 0 Å². The second kappa shape index (κ2) is 9.41. The number of fused-ring (bicyclic) bond motifs is 1. The average Bonchev–Trinajstić information content (AvgIpc) is 2.71. The molecule has 0 bridgehead atoms. The number of carbonyl (C=O) groups is 1. The molecule has 1 atom stereocenters. The largest absolute Gasteiger partial charge is 0.456 e. The Labute approximate surface area is 193 Å². The van der Waals surface area contributed by atoms with E-state index in [9.17, 15) is 9.59 Å². The number of thioether (sulfide) groups is 1. The lowest BCUT2D eigenvalue weighted by Crippen LogP contribution is -2.24. The molecule has 0 unspecified atom stereocenters. The van der Waals surface area contributed by atoms with E-state index in [1.165, 1.54) is 11.8 Å². The Morgan fingerprint density at radius 2 is 1.88 bits per heavy atom. The van der Waals surface area contributed by atoms with E-state index < -0.39 is 5.60 Å². The number of carbonyl (C=O) groups excluding carboxylic acids is 1. The molecule has 0 fully saturated rings. The molecule has 2 aromatic carbocycles. The van der Waals surface area contributed by atoms with Gasteiger partial charge in [-0.25, -0.2) is 4.79 Å². The summed E-state index contributed by atoms with van der Waals surface area (Å²) in [5.74, 6) is 0.429. The quantitative estimate of drug-likeness (QED) is 0.333. The molecule has 0 spiro atoms. The molecule has 3 rings (SSSR count). The van der Waals surface area contributed by atoms with E-state index in [1.807, 2.05) is 78.8 Å². The number of anilines is 1. The number of ether oxygens (including phenoxy) is 1. The van der Waals surface area contributed by atoms with Gasteiger partial charge in [0.2, 0.25) is 0 Å². The zero-order valence-electron chi connectivity index (χ0n) is 19.8. The topological polar surface area (TPSA) is 68.5 Å². The number of hydrogen-bond donors (Lipinski definition) is 1. The summed E-state index contributed by atoms with van der Waals surface area (Å²) in [6.07, 6.45) is 0. The van der Waals surface area contributed by atoms with E-state index in [0.29, 0.717) is 32.9 Å². The minimum absolute atomic E-state index is 0.00601. The standard InChI is InChI=1S/C26H31NO4S/c1-8-32-25-16(3)22(28)20-14-15(2)13-19(23(20)30-25)17(4)27-21-12-10-9-11-18(21)24(29)31-26(5,6)7/h9-14,17,27H,8H2,1-7H3/t17-/m1/s1. The molecule has 3 aromatic rings. The maximum atomic E-state index is 13.0. The van der Waals surface area contributed by atoms with Crippen molar-refractivity contribution in [2.24, 2.45) is 0 Å². The van der Waals surface area contributed by atoms with Gasteiger partial charge in [-0.05, 0) is 71.1 Å². The van der Waals surface area contributed by atoms with E-state index >= 15 is 0 Å². The van der Waals surface area contributed by atoms with Crippen LogP contribution in [0.25, 0.3) is 11.0 Å². The molecule has 0 aliphatic heterocycles. The molecule has 1 N–H and O–H groups in total. The normalized spacial score (nSPS) is 12.6. The molecular weight excluding hydrogens is 422 g/mol. The number of rotatable bonds is 6. The van der Waals surface area contributed by atoms with Gasteiger partial charge in [0.1, 0.15) is 11.2 Å². The number of nitrogens with one attached hydrogen (secondary N) is 1. The molecule has 0 amide bonds. The SMILES string of the molecule is CCSc1oc2c([C@@H](C)Nc3ccccc3C(=O)OC(C)(C)C)cc(C)cc2c(=O)c1C. The first kappa shape index (κ1) is 23.9. The maximum absolute atomic E-state index is 13.0. The molecule has 0 radical (unpaired) electrons. The van der Waals surface area contributed by atoms with Gasteiger partial charge in [0.15, 0.2) is 10.5 Å². The first-order valence-corrected chi connectivity index (χ1v) is 11.8. The third-order valence-corrected chi connectivity index (χ3v) is 5.95. The summed E-state index contributed by atoms with van der Waals surface area (Å²) in [6.45, 7) is 13.3. The molecule has 170 valence electrons. The first-order valence-electron chi connectivity index (χ1n) is 10.8. The fourth-order valence-electron chi connectivity index (χ4n) is 3.57. The van der Waals surface area contributed by atoms with Gasteiger partial charge in [-0.3, -0.25) is 4.79 Å². The van der Waals surface area contributed by atoms with Crippen LogP contribution in [0.4, 0.5) is 5.69 Å². The molecular formula is C26H31NO4S. The maximum Gasteiger partial charge on any atom is 0.340 e. The fraction of sp³-hybridized carbons (Fsp3) is 0.385. The van der Waals surface area contributed by atoms with Crippen LogP contribution in [0.3, 0.4) is 0 Å². The van der Waals surface area contributed by atoms with Gasteiger partial charge < -0.3 is 14.5 Å². The monoisotopic (exact) mass is 453 g/mol. The Morgan fingerprint density at radius 3 is 2.53 bits per heavy atom. The van der Waals surface area contributed by atoms with E-state index in [-0.39, 0.29) is 17.4 Å². The van der Waals surface area contributed by atoms with Crippen LogP contribution in [0.5, 0.6) is 0 Å². The van der Waals surface area contributed by atoms with Crippen molar-refractivity contribution < 1.29 is 13.9 Å². The van der Waals surface area contributed by atoms with Crippen molar-refractivity contribution in [1.29, 1.82) is 0 Å². The lowest BCUT2D eigenvalue weighted by atomic mass is 10.00. The number of hydrogen-bond acceptors (Lipinski definition) is 6. The van der Waals surface area contributed by atoms with Crippen LogP contribution in [-0.2, 0) is 4.74 Å². The smallest absolute Gasteiger partial charge is 0.340 e. The zero-order valence-corrected chi connectivity index (χ0v) is 20.6. The Hall–Kier alpha value is -2.73. The Balaban J connectivity index is 2.06. The van der Waals surface area contributed by atoms with Gasteiger partial charge in [-0.2, -0.15) is 0 Å². The van der Waals surface area contributed by atoms with Crippen molar-refractivity contribution in [1.82, 2.24) is 0 Å². The number of para-hydroxylation sites is 1. The van der Waals surface area contributed by atoms with Crippen LogP contribution < -0.4 is 10.7 Å². The van der Waals surface area contributed by atoms with Crippen LogP contribution in [0.15, 0.2) is 50.7 Å². The minimum Gasteiger partial charge on any atom is -0.456 e. The Kier molecular flexibility index (Phi) is 7.03. The van der Waals surface area contributed by atoms with Crippen LogP contribution >= 0.6 is 11.8 Å². The third-order valence-electron chi connectivity index (χ3n) is 5.01. The van der Waals surface area contributed by atoms with Gasteiger partial charge >= 0.3 is 5.97 Å². The number of esters is 1. The van der Waals surface area contributed by atoms with E-state index in [0.717, 1.165) is 16.9 Å². The van der Waals surface area contributed by atoms with Crippen LogP contribution in [0.2, 0.25) is 0 Å². The van der Waals surface area contributed by atoms with E-state index in [1.54, 1.807) is 6.07 Å². The van der Waals surface area contributed by atoms with Crippen molar-refractivity contribution >= 4 is 34.4 Å². The molecule has 32 heavy (non-hydrogen) atoms. The molecule has 0 aliphatic carbocycles. The minimum atomic E-state index is -0.586. The predicted molar refractivity (Wildman–Crippen MR) is 132 cm³/mol.